The van der Waals surface area contributed by atoms with Gasteiger partial charge in [0, 0.05) is 30.2 Å². The molecular formula is C17H16ClFN2O4. The summed E-state index contributed by atoms with van der Waals surface area (Å²) < 4.78 is 19.1. The fourth-order valence-corrected chi connectivity index (χ4v) is 2.37. The van der Waals surface area contributed by atoms with Crippen LogP contribution in [0.25, 0.3) is 0 Å². The van der Waals surface area contributed by atoms with E-state index in [1.54, 1.807) is 13.0 Å². The molecule has 0 fully saturated rings. The Kier molecular flexibility index (Phi) is 5.93. The Hall–Kier alpha value is -2.67. The van der Waals surface area contributed by atoms with E-state index in [2.05, 4.69) is 0 Å². The third-order valence-corrected chi connectivity index (χ3v) is 3.90. The third kappa shape index (κ3) is 4.67. The summed E-state index contributed by atoms with van der Waals surface area (Å²) in [5.41, 5.74) is 0.735. The van der Waals surface area contributed by atoms with Crippen LogP contribution in [-0.2, 0) is 11.3 Å². The van der Waals surface area contributed by atoms with E-state index in [9.17, 15) is 19.3 Å². The molecule has 2 rings (SSSR count). The molecule has 0 aliphatic heterocycles. The second kappa shape index (κ2) is 7.94. The number of hydrogen-bond donors (Lipinski definition) is 0. The predicted octanol–water partition coefficient (Wildman–Crippen LogP) is 3.73. The molecule has 8 heteroatoms. The van der Waals surface area contributed by atoms with Crippen molar-refractivity contribution in [1.82, 2.24) is 4.90 Å². The zero-order valence-corrected chi connectivity index (χ0v) is 14.4. The summed E-state index contributed by atoms with van der Waals surface area (Å²) in [6.07, 6.45) is 0. The standard InChI is InChI=1S/C17H16ClFN2O4/c1-11-6-7-15(21(23)24)16(8-11)25-10-17(22)20(2)9-12-13(18)4-3-5-14(12)19/h3-8H,9-10H2,1-2H3. The van der Waals surface area contributed by atoms with Gasteiger partial charge in [-0.2, -0.15) is 0 Å². The smallest absolute Gasteiger partial charge is 0.310 e. The minimum Gasteiger partial charge on any atom is -0.477 e. The number of rotatable bonds is 6. The van der Waals surface area contributed by atoms with Crippen LogP contribution in [0.15, 0.2) is 36.4 Å². The van der Waals surface area contributed by atoms with Gasteiger partial charge in [-0.1, -0.05) is 23.7 Å². The second-order valence-electron chi connectivity index (χ2n) is 5.47. The average molecular weight is 367 g/mol. The lowest BCUT2D eigenvalue weighted by molar-refractivity contribution is -0.385. The van der Waals surface area contributed by atoms with E-state index in [1.165, 1.54) is 42.3 Å². The van der Waals surface area contributed by atoms with Crippen molar-refractivity contribution in [3.05, 3.63) is 68.5 Å². The minimum absolute atomic E-state index is 0.00988. The summed E-state index contributed by atoms with van der Waals surface area (Å²) >= 11 is 5.94. The molecule has 6 nitrogen and oxygen atoms in total. The lowest BCUT2D eigenvalue weighted by Gasteiger charge is -2.18. The van der Waals surface area contributed by atoms with Crippen molar-refractivity contribution in [2.75, 3.05) is 13.7 Å². The number of aryl methyl sites for hydroxylation is 1. The first-order valence-corrected chi connectivity index (χ1v) is 7.72. The molecule has 0 N–H and O–H groups in total. The highest BCUT2D eigenvalue weighted by molar-refractivity contribution is 6.31. The Balaban J connectivity index is 2.05. The van der Waals surface area contributed by atoms with Crippen molar-refractivity contribution in [2.45, 2.75) is 13.5 Å². The van der Waals surface area contributed by atoms with Crippen LogP contribution in [0, 0.1) is 22.9 Å². The molecule has 0 radical (unpaired) electrons. The van der Waals surface area contributed by atoms with Gasteiger partial charge in [0.05, 0.1) is 4.92 Å². The van der Waals surface area contributed by atoms with Crippen molar-refractivity contribution in [2.24, 2.45) is 0 Å². The molecule has 0 aromatic heterocycles. The van der Waals surface area contributed by atoms with Gasteiger partial charge in [0.15, 0.2) is 12.4 Å². The molecule has 0 aliphatic rings. The normalized spacial score (nSPS) is 10.4. The fourth-order valence-electron chi connectivity index (χ4n) is 2.15. The summed E-state index contributed by atoms with van der Waals surface area (Å²) in [5.74, 6) is -0.965. The SMILES string of the molecule is Cc1ccc([N+](=O)[O-])c(OCC(=O)N(C)Cc2c(F)cccc2Cl)c1. The summed E-state index contributed by atoms with van der Waals surface area (Å²) in [6.45, 7) is 1.31. The molecular weight excluding hydrogens is 351 g/mol. The number of carbonyl (C=O) groups excluding carboxylic acids is 1. The van der Waals surface area contributed by atoms with Gasteiger partial charge in [0.1, 0.15) is 5.82 Å². The molecule has 132 valence electrons. The van der Waals surface area contributed by atoms with E-state index in [4.69, 9.17) is 16.3 Å². The number of likely N-dealkylation sites (N-methyl/N-ethyl adjacent to an activating group) is 1. The van der Waals surface area contributed by atoms with Crippen LogP contribution in [-0.4, -0.2) is 29.4 Å². The molecule has 0 aliphatic carbocycles. The molecule has 0 atom stereocenters. The maximum Gasteiger partial charge on any atom is 0.310 e. The van der Waals surface area contributed by atoms with Gasteiger partial charge < -0.3 is 9.64 Å². The van der Waals surface area contributed by atoms with Crippen LogP contribution >= 0.6 is 11.6 Å². The molecule has 2 aromatic carbocycles. The highest BCUT2D eigenvalue weighted by atomic mass is 35.5. The van der Waals surface area contributed by atoms with Gasteiger partial charge >= 0.3 is 5.69 Å². The van der Waals surface area contributed by atoms with Crippen LogP contribution in [0.5, 0.6) is 5.75 Å². The van der Waals surface area contributed by atoms with Gasteiger partial charge in [-0.3, -0.25) is 14.9 Å². The largest absolute Gasteiger partial charge is 0.477 e. The number of nitro benzene ring substituents is 1. The van der Waals surface area contributed by atoms with Gasteiger partial charge in [-0.25, -0.2) is 4.39 Å². The molecule has 2 aromatic rings. The third-order valence-electron chi connectivity index (χ3n) is 3.55. The predicted molar refractivity (Wildman–Crippen MR) is 91.2 cm³/mol. The van der Waals surface area contributed by atoms with Crippen molar-refractivity contribution in [3.8, 4) is 5.75 Å². The van der Waals surface area contributed by atoms with Crippen LogP contribution in [0.2, 0.25) is 5.02 Å². The van der Waals surface area contributed by atoms with Crippen LogP contribution < -0.4 is 4.74 Å². The van der Waals surface area contributed by atoms with Gasteiger partial charge in [0.2, 0.25) is 0 Å². The first-order chi connectivity index (χ1) is 11.8. The molecule has 0 saturated carbocycles. The van der Waals surface area contributed by atoms with E-state index >= 15 is 0 Å². The summed E-state index contributed by atoms with van der Waals surface area (Å²) in [4.78, 5) is 23.8. The van der Waals surface area contributed by atoms with Crippen LogP contribution in [0.3, 0.4) is 0 Å². The molecule has 0 saturated heterocycles. The maximum atomic E-state index is 13.8. The summed E-state index contributed by atoms with van der Waals surface area (Å²) in [7, 11) is 1.47. The Bertz CT molecular complexity index is 793. The number of benzene rings is 2. The van der Waals surface area contributed by atoms with Crippen molar-refractivity contribution in [1.29, 1.82) is 0 Å². The Morgan fingerprint density at radius 2 is 2.08 bits per heavy atom. The summed E-state index contributed by atoms with van der Waals surface area (Å²) in [6, 6.07) is 8.65. The molecule has 0 spiro atoms. The zero-order chi connectivity index (χ0) is 18.6. The topological polar surface area (TPSA) is 72.7 Å². The Morgan fingerprint density at radius 1 is 1.36 bits per heavy atom. The van der Waals surface area contributed by atoms with Crippen LogP contribution in [0.4, 0.5) is 10.1 Å². The quantitative estimate of drug-likeness (QED) is 0.576. The lowest BCUT2D eigenvalue weighted by Crippen LogP contribution is -2.31. The number of hydrogen-bond acceptors (Lipinski definition) is 4. The molecule has 0 bridgehead atoms. The number of nitro groups is 1. The minimum atomic E-state index is -0.581. The van der Waals surface area contributed by atoms with Crippen molar-refractivity contribution in [3.63, 3.8) is 0 Å². The van der Waals surface area contributed by atoms with E-state index in [1.807, 2.05) is 0 Å². The lowest BCUT2D eigenvalue weighted by atomic mass is 10.2. The Labute approximate surface area is 148 Å². The van der Waals surface area contributed by atoms with E-state index < -0.39 is 23.3 Å². The zero-order valence-electron chi connectivity index (χ0n) is 13.7. The highest BCUT2D eigenvalue weighted by Gasteiger charge is 2.18. The maximum absolute atomic E-state index is 13.8. The number of amides is 1. The number of carbonyl (C=O) groups is 1. The fraction of sp³-hybridized carbons (Fsp3) is 0.235. The average Bonchev–Trinajstić information content (AvgIpc) is 2.55. The molecule has 0 heterocycles. The Morgan fingerprint density at radius 3 is 2.72 bits per heavy atom. The number of halogens is 2. The summed E-state index contributed by atoms with van der Waals surface area (Å²) in [5, 5.41) is 11.2. The van der Waals surface area contributed by atoms with Crippen LogP contribution in [0.1, 0.15) is 11.1 Å². The molecule has 1 amide bonds. The number of ether oxygens (including phenoxy) is 1. The molecule has 25 heavy (non-hydrogen) atoms. The van der Waals surface area contributed by atoms with E-state index in [-0.39, 0.29) is 28.6 Å². The highest BCUT2D eigenvalue weighted by Crippen LogP contribution is 2.27. The number of nitrogens with zero attached hydrogens (tertiary/aromatic N) is 2. The van der Waals surface area contributed by atoms with Gasteiger partial charge in [0.25, 0.3) is 5.91 Å². The second-order valence-corrected chi connectivity index (χ2v) is 5.87. The van der Waals surface area contributed by atoms with Crippen molar-refractivity contribution < 1.29 is 18.8 Å². The van der Waals surface area contributed by atoms with Gasteiger partial charge in [-0.05, 0) is 30.7 Å². The molecule has 0 unspecified atom stereocenters. The first kappa shape index (κ1) is 18.7. The van der Waals surface area contributed by atoms with Gasteiger partial charge in [-0.15, -0.1) is 0 Å². The van der Waals surface area contributed by atoms with E-state index in [0.29, 0.717) is 0 Å². The first-order valence-electron chi connectivity index (χ1n) is 7.34. The monoisotopic (exact) mass is 366 g/mol. The van der Waals surface area contributed by atoms with E-state index in [0.717, 1.165) is 5.56 Å². The van der Waals surface area contributed by atoms with Crippen molar-refractivity contribution >= 4 is 23.2 Å².